The molecule has 1 aromatic carbocycles. The highest BCUT2D eigenvalue weighted by molar-refractivity contribution is 9.10. The highest BCUT2D eigenvalue weighted by atomic mass is 79.9. The molecule has 0 aromatic heterocycles. The number of hydrogen-bond acceptors (Lipinski definition) is 2. The van der Waals surface area contributed by atoms with Gasteiger partial charge < -0.3 is 10.6 Å². The summed E-state index contributed by atoms with van der Waals surface area (Å²) in [6.45, 7) is 4.05. The fourth-order valence-electron chi connectivity index (χ4n) is 2.87. The van der Waals surface area contributed by atoms with Crippen LogP contribution in [0.5, 0.6) is 0 Å². The molecule has 3 nitrogen and oxygen atoms in total. The van der Waals surface area contributed by atoms with Crippen LogP contribution in [0.3, 0.4) is 0 Å². The number of benzene rings is 1. The zero-order valence-electron chi connectivity index (χ0n) is 11.8. The monoisotopic (exact) mass is 358 g/mol. The van der Waals surface area contributed by atoms with E-state index in [0.717, 1.165) is 22.9 Å². The average Bonchev–Trinajstić information content (AvgIpc) is 2.49. The molecule has 1 aliphatic rings. The van der Waals surface area contributed by atoms with Crippen LogP contribution in [-0.2, 0) is 4.79 Å². The van der Waals surface area contributed by atoms with E-state index in [0.29, 0.717) is 11.4 Å². The van der Waals surface area contributed by atoms with Gasteiger partial charge in [-0.05, 0) is 44.4 Å². The van der Waals surface area contributed by atoms with Crippen LogP contribution in [0, 0.1) is 0 Å². The van der Waals surface area contributed by atoms with Gasteiger partial charge in [0.25, 0.3) is 0 Å². The van der Waals surface area contributed by atoms with E-state index >= 15 is 0 Å². The largest absolute Gasteiger partial charge is 0.332 e. The summed E-state index contributed by atoms with van der Waals surface area (Å²) in [7, 11) is 0. The van der Waals surface area contributed by atoms with Gasteiger partial charge in [-0.25, -0.2) is 0 Å². The summed E-state index contributed by atoms with van der Waals surface area (Å²) in [4.78, 5) is 14.3. The lowest BCUT2D eigenvalue weighted by Crippen LogP contribution is -2.45. The minimum Gasteiger partial charge on any atom is -0.332 e. The molecule has 2 unspecified atom stereocenters. The Morgan fingerprint density at radius 1 is 1.45 bits per heavy atom. The molecule has 20 heavy (non-hydrogen) atoms. The van der Waals surface area contributed by atoms with Gasteiger partial charge in [-0.2, -0.15) is 0 Å². The first-order chi connectivity index (χ1) is 9.41. The van der Waals surface area contributed by atoms with Gasteiger partial charge in [0.05, 0.1) is 6.04 Å². The molecule has 2 rings (SSSR count). The number of nitrogens with zero attached hydrogens (tertiary/aromatic N) is 1. The Kier molecular flexibility index (Phi) is 5.10. The van der Waals surface area contributed by atoms with Gasteiger partial charge in [-0.15, -0.1) is 0 Å². The number of carbonyl (C=O) groups excluding carboxylic acids is 1. The maximum atomic E-state index is 12.4. The quantitative estimate of drug-likeness (QED) is 0.870. The second-order valence-corrected chi connectivity index (χ2v) is 6.88. The van der Waals surface area contributed by atoms with Crippen molar-refractivity contribution < 1.29 is 4.79 Å². The minimum atomic E-state index is -0.148. The van der Waals surface area contributed by atoms with Gasteiger partial charge in [0.2, 0.25) is 5.91 Å². The van der Waals surface area contributed by atoms with E-state index in [4.69, 9.17) is 17.3 Å². The van der Waals surface area contributed by atoms with Crippen molar-refractivity contribution in [3.8, 4) is 0 Å². The zero-order chi connectivity index (χ0) is 14.9. The lowest BCUT2D eigenvalue weighted by Gasteiger charge is -2.37. The Balaban J connectivity index is 2.48. The minimum absolute atomic E-state index is 0.0810. The third kappa shape index (κ3) is 3.18. The van der Waals surface area contributed by atoms with Gasteiger partial charge in [-0.3, -0.25) is 4.79 Å². The molecule has 1 heterocycles. The summed E-state index contributed by atoms with van der Waals surface area (Å²) in [6.07, 6.45) is 2.25. The van der Waals surface area contributed by atoms with Crippen LogP contribution in [0.25, 0.3) is 0 Å². The molecule has 1 aliphatic heterocycles. The van der Waals surface area contributed by atoms with E-state index < -0.39 is 0 Å². The van der Waals surface area contributed by atoms with E-state index in [1.165, 1.54) is 0 Å². The van der Waals surface area contributed by atoms with Crippen LogP contribution in [0.4, 0.5) is 0 Å². The average molecular weight is 360 g/mol. The van der Waals surface area contributed by atoms with Crippen molar-refractivity contribution in [2.75, 3.05) is 0 Å². The van der Waals surface area contributed by atoms with E-state index in [9.17, 15) is 4.79 Å². The van der Waals surface area contributed by atoms with Gasteiger partial charge in [0, 0.05) is 28.0 Å². The first-order valence-corrected chi connectivity index (χ1v) is 8.10. The molecule has 1 fully saturated rings. The van der Waals surface area contributed by atoms with Gasteiger partial charge in [0.15, 0.2) is 0 Å². The number of nitrogens with two attached hydrogens (primary N) is 1. The Morgan fingerprint density at radius 2 is 2.15 bits per heavy atom. The van der Waals surface area contributed by atoms with Crippen molar-refractivity contribution in [1.82, 2.24) is 4.90 Å². The number of rotatable bonds is 2. The van der Waals surface area contributed by atoms with Crippen molar-refractivity contribution >= 4 is 33.4 Å². The van der Waals surface area contributed by atoms with Crippen molar-refractivity contribution in [3.05, 3.63) is 33.3 Å². The SMILES string of the molecule is CC(C)N1C(=O)CCCC(N)C1c1ccc(Br)cc1Cl. The van der Waals surface area contributed by atoms with Crippen molar-refractivity contribution in [2.24, 2.45) is 5.73 Å². The Bertz CT molecular complexity index is 507. The van der Waals surface area contributed by atoms with E-state index in [-0.39, 0.29) is 24.0 Å². The van der Waals surface area contributed by atoms with Crippen LogP contribution in [0.1, 0.15) is 44.7 Å². The molecule has 110 valence electrons. The second kappa shape index (κ2) is 6.46. The molecule has 2 atom stereocenters. The van der Waals surface area contributed by atoms with Crippen LogP contribution >= 0.6 is 27.5 Å². The molecule has 1 amide bonds. The lowest BCUT2D eigenvalue weighted by molar-refractivity contribution is -0.135. The highest BCUT2D eigenvalue weighted by Crippen LogP contribution is 2.36. The highest BCUT2D eigenvalue weighted by Gasteiger charge is 2.35. The number of likely N-dealkylation sites (tertiary alicyclic amines) is 1. The summed E-state index contributed by atoms with van der Waals surface area (Å²) in [5.74, 6) is 0.164. The molecular formula is C15H20BrClN2O. The van der Waals surface area contributed by atoms with Crippen molar-refractivity contribution in [3.63, 3.8) is 0 Å². The number of carbonyl (C=O) groups is 1. The smallest absolute Gasteiger partial charge is 0.223 e. The molecule has 2 N–H and O–H groups in total. The lowest BCUT2D eigenvalue weighted by atomic mass is 9.95. The molecule has 1 saturated heterocycles. The fraction of sp³-hybridized carbons (Fsp3) is 0.533. The topological polar surface area (TPSA) is 46.3 Å². The van der Waals surface area contributed by atoms with Gasteiger partial charge in [-0.1, -0.05) is 33.6 Å². The maximum absolute atomic E-state index is 12.4. The third-order valence-corrected chi connectivity index (χ3v) is 4.58. The predicted molar refractivity (Wildman–Crippen MR) is 85.7 cm³/mol. The summed E-state index contributed by atoms with van der Waals surface area (Å²) >= 11 is 9.79. The Morgan fingerprint density at radius 3 is 2.75 bits per heavy atom. The summed E-state index contributed by atoms with van der Waals surface area (Å²) in [5.41, 5.74) is 7.28. The van der Waals surface area contributed by atoms with E-state index in [1.54, 1.807) is 0 Å². The predicted octanol–water partition coefficient (Wildman–Crippen LogP) is 3.89. The molecule has 0 spiro atoms. The number of amides is 1. The van der Waals surface area contributed by atoms with Crippen molar-refractivity contribution in [2.45, 2.75) is 51.2 Å². The Hall–Kier alpha value is -0.580. The standard InChI is InChI=1S/C15H20BrClN2O/c1-9(2)19-14(20)5-3-4-13(18)15(19)11-7-6-10(16)8-12(11)17/h6-9,13,15H,3-5,18H2,1-2H3. The molecule has 0 bridgehead atoms. The molecule has 0 saturated carbocycles. The summed E-state index contributed by atoms with van der Waals surface area (Å²) in [6, 6.07) is 5.65. The zero-order valence-corrected chi connectivity index (χ0v) is 14.1. The van der Waals surface area contributed by atoms with Crippen LogP contribution in [0.15, 0.2) is 22.7 Å². The second-order valence-electron chi connectivity index (χ2n) is 5.56. The van der Waals surface area contributed by atoms with Gasteiger partial charge in [0.1, 0.15) is 0 Å². The summed E-state index contributed by atoms with van der Waals surface area (Å²) < 4.78 is 0.927. The molecule has 0 aliphatic carbocycles. The molecular weight excluding hydrogens is 340 g/mol. The number of hydrogen-bond donors (Lipinski definition) is 1. The third-order valence-electron chi connectivity index (χ3n) is 3.76. The number of halogens is 2. The summed E-state index contributed by atoms with van der Waals surface area (Å²) in [5, 5.41) is 0.653. The molecule has 0 radical (unpaired) electrons. The fourth-order valence-corrected chi connectivity index (χ4v) is 3.65. The van der Waals surface area contributed by atoms with Crippen LogP contribution < -0.4 is 5.73 Å². The van der Waals surface area contributed by atoms with E-state index in [1.807, 2.05) is 36.9 Å². The van der Waals surface area contributed by atoms with E-state index in [2.05, 4.69) is 15.9 Å². The van der Waals surface area contributed by atoms with Gasteiger partial charge >= 0.3 is 0 Å². The van der Waals surface area contributed by atoms with Crippen LogP contribution in [0.2, 0.25) is 5.02 Å². The molecule has 1 aromatic rings. The Labute approximate surface area is 133 Å². The maximum Gasteiger partial charge on any atom is 0.223 e. The van der Waals surface area contributed by atoms with Crippen molar-refractivity contribution in [1.29, 1.82) is 0 Å². The van der Waals surface area contributed by atoms with Crippen LogP contribution in [-0.4, -0.2) is 22.9 Å². The first-order valence-electron chi connectivity index (χ1n) is 6.93. The first kappa shape index (κ1) is 15.8. The normalized spacial score (nSPS) is 24.1. The molecule has 5 heteroatoms.